The van der Waals surface area contributed by atoms with Crippen molar-refractivity contribution in [3.63, 3.8) is 0 Å². The first-order valence-electron chi connectivity index (χ1n) is 7.87. The Hall–Kier alpha value is -2.22. The molecule has 2 heterocycles. The summed E-state index contributed by atoms with van der Waals surface area (Å²) in [5.41, 5.74) is 1.24. The molecule has 0 radical (unpaired) electrons. The third-order valence-electron chi connectivity index (χ3n) is 4.17. The lowest BCUT2D eigenvalue weighted by molar-refractivity contribution is -0.133. The zero-order chi connectivity index (χ0) is 17.2. The van der Waals surface area contributed by atoms with Crippen LogP contribution in [0.25, 0.3) is 0 Å². The van der Waals surface area contributed by atoms with Crippen molar-refractivity contribution < 1.29 is 18.0 Å². The van der Waals surface area contributed by atoms with Crippen LogP contribution in [0.15, 0.2) is 35.4 Å². The molecule has 1 fully saturated rings. The Balaban J connectivity index is 1.67. The predicted molar refractivity (Wildman–Crippen MR) is 88.9 cm³/mol. The smallest absolute Gasteiger partial charge is 0.267 e. The average Bonchev–Trinajstić information content (AvgIpc) is 2.94. The summed E-state index contributed by atoms with van der Waals surface area (Å²) < 4.78 is 23.2. The number of nitrogens with one attached hydrogen (secondary N) is 1. The fourth-order valence-electron chi connectivity index (χ4n) is 2.87. The minimum atomic E-state index is -3.12. The first-order valence-corrected chi connectivity index (χ1v) is 9.69. The van der Waals surface area contributed by atoms with Gasteiger partial charge in [-0.05, 0) is 12.0 Å². The number of hydrogen-bond donors (Lipinski definition) is 1. The van der Waals surface area contributed by atoms with Gasteiger partial charge in [0.1, 0.15) is 5.71 Å². The second kappa shape index (κ2) is 6.72. The van der Waals surface area contributed by atoms with E-state index < -0.39 is 15.9 Å². The number of hydrogen-bond acceptors (Lipinski definition) is 5. The molecule has 0 aromatic heterocycles. The summed E-state index contributed by atoms with van der Waals surface area (Å²) in [6.45, 7) is 0.379. The van der Waals surface area contributed by atoms with Crippen molar-refractivity contribution in [2.24, 2.45) is 5.10 Å². The van der Waals surface area contributed by atoms with E-state index in [0.717, 1.165) is 5.56 Å². The third kappa shape index (κ3) is 3.81. The standard InChI is InChI=1S/C16H19N3O4S/c20-15-7-6-14(16(21)17-10-12-4-2-1-3-5-12)18-19(15)13-8-9-24(22,23)11-13/h1-5,13H,6-11H2,(H,17,21)/t13-/m0/s1. The number of benzene rings is 1. The van der Waals surface area contributed by atoms with Crippen LogP contribution < -0.4 is 5.32 Å². The zero-order valence-corrected chi connectivity index (χ0v) is 14.0. The second-order valence-electron chi connectivity index (χ2n) is 6.01. The summed E-state index contributed by atoms with van der Waals surface area (Å²) in [5, 5.41) is 8.13. The van der Waals surface area contributed by atoms with Gasteiger partial charge in [0.2, 0.25) is 5.91 Å². The van der Waals surface area contributed by atoms with Crippen LogP contribution in [0.5, 0.6) is 0 Å². The first-order chi connectivity index (χ1) is 11.4. The van der Waals surface area contributed by atoms with Crippen molar-refractivity contribution in [2.75, 3.05) is 11.5 Å². The molecular formula is C16H19N3O4S. The lowest BCUT2D eigenvalue weighted by Crippen LogP contribution is -2.43. The molecule has 0 aliphatic carbocycles. The van der Waals surface area contributed by atoms with Gasteiger partial charge in [0.05, 0.1) is 17.5 Å². The topological polar surface area (TPSA) is 95.9 Å². The second-order valence-corrected chi connectivity index (χ2v) is 8.24. The number of nitrogens with zero attached hydrogens (tertiary/aromatic N) is 2. The highest BCUT2D eigenvalue weighted by molar-refractivity contribution is 7.91. The van der Waals surface area contributed by atoms with Gasteiger partial charge in [0.15, 0.2) is 9.84 Å². The molecule has 1 N–H and O–H groups in total. The van der Waals surface area contributed by atoms with Gasteiger partial charge < -0.3 is 5.32 Å². The number of carbonyl (C=O) groups is 2. The summed E-state index contributed by atoms with van der Waals surface area (Å²) in [6, 6.07) is 9.03. The van der Waals surface area contributed by atoms with Crippen molar-refractivity contribution in [3.8, 4) is 0 Å². The molecular weight excluding hydrogens is 330 g/mol. The van der Waals surface area contributed by atoms with E-state index in [1.54, 1.807) is 0 Å². The summed E-state index contributed by atoms with van der Waals surface area (Å²) in [5.74, 6) is -0.567. The molecule has 1 aromatic carbocycles. The van der Waals surface area contributed by atoms with Gasteiger partial charge in [-0.3, -0.25) is 9.59 Å². The molecule has 1 saturated heterocycles. The van der Waals surface area contributed by atoms with Gasteiger partial charge in [-0.25, -0.2) is 13.4 Å². The van der Waals surface area contributed by atoms with Gasteiger partial charge in [-0.1, -0.05) is 30.3 Å². The average molecular weight is 349 g/mol. The van der Waals surface area contributed by atoms with Crippen molar-refractivity contribution in [1.29, 1.82) is 0 Å². The number of sulfone groups is 1. The maximum atomic E-state index is 12.3. The van der Waals surface area contributed by atoms with Gasteiger partial charge in [0.25, 0.3) is 5.91 Å². The van der Waals surface area contributed by atoms with Crippen molar-refractivity contribution in [3.05, 3.63) is 35.9 Å². The van der Waals surface area contributed by atoms with Gasteiger partial charge in [-0.15, -0.1) is 0 Å². The SMILES string of the molecule is O=C(NCc1ccccc1)C1=NN([C@H]2CCS(=O)(=O)C2)C(=O)CC1. The quantitative estimate of drug-likeness (QED) is 0.854. The Morgan fingerprint density at radius 1 is 1.25 bits per heavy atom. The molecule has 24 heavy (non-hydrogen) atoms. The van der Waals surface area contributed by atoms with Crippen molar-refractivity contribution >= 4 is 27.4 Å². The van der Waals surface area contributed by atoms with E-state index in [1.165, 1.54) is 5.01 Å². The molecule has 2 amide bonds. The first kappa shape index (κ1) is 16.6. The molecule has 0 unspecified atom stereocenters. The number of hydrazone groups is 1. The monoisotopic (exact) mass is 349 g/mol. The Kier molecular flexibility index (Phi) is 4.66. The molecule has 2 aliphatic rings. The maximum absolute atomic E-state index is 12.3. The molecule has 0 saturated carbocycles. The highest BCUT2D eigenvalue weighted by Gasteiger charge is 2.37. The Labute approximate surface area is 140 Å². The number of amides is 2. The highest BCUT2D eigenvalue weighted by Crippen LogP contribution is 2.22. The van der Waals surface area contributed by atoms with Gasteiger partial charge in [-0.2, -0.15) is 5.10 Å². The van der Waals surface area contributed by atoms with Crippen molar-refractivity contribution in [2.45, 2.75) is 31.8 Å². The zero-order valence-electron chi connectivity index (χ0n) is 13.1. The molecule has 8 heteroatoms. The molecule has 128 valence electrons. The van der Waals surface area contributed by atoms with Crippen LogP contribution >= 0.6 is 0 Å². The van der Waals surface area contributed by atoms with E-state index in [4.69, 9.17) is 0 Å². The van der Waals surface area contributed by atoms with E-state index in [1.807, 2.05) is 30.3 Å². The largest absolute Gasteiger partial charge is 0.347 e. The van der Waals surface area contributed by atoms with E-state index in [9.17, 15) is 18.0 Å². The summed E-state index contributed by atoms with van der Waals surface area (Å²) in [7, 11) is -3.12. The normalized spacial score (nSPS) is 23.0. The molecule has 3 rings (SSSR count). The third-order valence-corrected chi connectivity index (χ3v) is 5.92. The van der Waals surface area contributed by atoms with Crippen LogP contribution in [0.3, 0.4) is 0 Å². The van der Waals surface area contributed by atoms with Crippen molar-refractivity contribution in [1.82, 2.24) is 10.3 Å². The van der Waals surface area contributed by atoms with E-state index >= 15 is 0 Å². The van der Waals surface area contributed by atoms with E-state index in [0.29, 0.717) is 13.0 Å². The van der Waals surface area contributed by atoms with Crippen LogP contribution in [-0.4, -0.2) is 48.5 Å². The van der Waals surface area contributed by atoms with E-state index in [-0.39, 0.29) is 41.9 Å². The fourth-order valence-corrected chi connectivity index (χ4v) is 4.56. The molecule has 0 spiro atoms. The highest BCUT2D eigenvalue weighted by atomic mass is 32.2. The lowest BCUT2D eigenvalue weighted by Gasteiger charge is -2.27. The number of carbonyl (C=O) groups excluding carboxylic acids is 2. The van der Waals surface area contributed by atoms with Crippen LogP contribution in [0.4, 0.5) is 0 Å². The number of rotatable bonds is 4. The Bertz CT molecular complexity index is 774. The van der Waals surface area contributed by atoms with Crippen LogP contribution in [0, 0.1) is 0 Å². The molecule has 2 aliphatic heterocycles. The van der Waals surface area contributed by atoms with Gasteiger partial charge in [0, 0.05) is 19.4 Å². The van der Waals surface area contributed by atoms with Crippen LogP contribution in [0.2, 0.25) is 0 Å². The fraction of sp³-hybridized carbons (Fsp3) is 0.438. The van der Waals surface area contributed by atoms with Crippen LogP contribution in [-0.2, 0) is 26.0 Å². The van der Waals surface area contributed by atoms with Crippen LogP contribution in [0.1, 0.15) is 24.8 Å². The molecule has 0 bridgehead atoms. The Morgan fingerprint density at radius 2 is 2.00 bits per heavy atom. The summed E-state index contributed by atoms with van der Waals surface area (Å²) in [4.78, 5) is 24.3. The van der Waals surface area contributed by atoms with Gasteiger partial charge >= 0.3 is 0 Å². The minimum absolute atomic E-state index is 0.0620. The molecule has 7 nitrogen and oxygen atoms in total. The molecule has 1 aromatic rings. The Morgan fingerprint density at radius 3 is 2.67 bits per heavy atom. The summed E-state index contributed by atoms with van der Waals surface area (Å²) >= 11 is 0. The summed E-state index contributed by atoms with van der Waals surface area (Å²) in [6.07, 6.45) is 0.819. The maximum Gasteiger partial charge on any atom is 0.267 e. The minimum Gasteiger partial charge on any atom is -0.347 e. The predicted octanol–water partition coefficient (Wildman–Crippen LogP) is 0.468. The van der Waals surface area contributed by atoms with E-state index in [2.05, 4.69) is 10.4 Å². The molecule has 1 atom stereocenters. The lowest BCUT2D eigenvalue weighted by atomic mass is 10.1.